The van der Waals surface area contributed by atoms with Crippen molar-refractivity contribution in [2.45, 2.75) is 33.4 Å². The van der Waals surface area contributed by atoms with Crippen LogP contribution in [0.2, 0.25) is 0 Å². The lowest BCUT2D eigenvalue weighted by atomic mass is 10.0. The number of fused-ring (bicyclic) bond motifs is 1. The molecule has 5 heteroatoms. The predicted molar refractivity (Wildman–Crippen MR) is 106 cm³/mol. The number of nitrogens with zero attached hydrogens (tertiary/aromatic N) is 1. The minimum atomic E-state index is -0.414. The van der Waals surface area contributed by atoms with Crippen molar-refractivity contribution in [1.29, 1.82) is 0 Å². The van der Waals surface area contributed by atoms with Gasteiger partial charge in [0.15, 0.2) is 0 Å². The van der Waals surface area contributed by atoms with E-state index in [1.165, 1.54) is 17.7 Å². The van der Waals surface area contributed by atoms with Crippen LogP contribution in [0.1, 0.15) is 29.2 Å². The van der Waals surface area contributed by atoms with Crippen molar-refractivity contribution in [3.8, 4) is 11.5 Å². The van der Waals surface area contributed by atoms with Gasteiger partial charge >= 0.3 is 5.63 Å². The van der Waals surface area contributed by atoms with Crippen LogP contribution < -0.4 is 10.4 Å². The van der Waals surface area contributed by atoms with Crippen molar-refractivity contribution in [2.75, 3.05) is 14.2 Å². The third-order valence-corrected chi connectivity index (χ3v) is 4.73. The maximum Gasteiger partial charge on any atom is 0.336 e. The molecule has 0 radical (unpaired) electrons. The first-order chi connectivity index (χ1) is 12.9. The minimum Gasteiger partial charge on any atom is -0.508 e. The van der Waals surface area contributed by atoms with E-state index in [-0.39, 0.29) is 5.75 Å². The maximum atomic E-state index is 12.0. The van der Waals surface area contributed by atoms with Gasteiger partial charge in [0, 0.05) is 36.2 Å². The second-order valence-corrected chi connectivity index (χ2v) is 6.91. The predicted octanol–water partition coefficient (Wildman–Crippen LogP) is 4.01. The Morgan fingerprint density at radius 3 is 2.52 bits per heavy atom. The van der Waals surface area contributed by atoms with Crippen LogP contribution in [0.3, 0.4) is 0 Å². The van der Waals surface area contributed by atoms with Crippen molar-refractivity contribution in [1.82, 2.24) is 4.90 Å². The first-order valence-electron chi connectivity index (χ1n) is 9.02. The van der Waals surface area contributed by atoms with Crippen LogP contribution in [0, 0.1) is 6.92 Å². The Morgan fingerprint density at radius 1 is 1.07 bits per heavy atom. The van der Waals surface area contributed by atoms with Gasteiger partial charge in [0.05, 0.1) is 7.11 Å². The van der Waals surface area contributed by atoms with E-state index in [1.54, 1.807) is 7.11 Å². The van der Waals surface area contributed by atoms with Crippen LogP contribution in [0.4, 0.5) is 0 Å². The molecule has 0 bridgehead atoms. The number of benzene rings is 2. The van der Waals surface area contributed by atoms with E-state index in [1.807, 2.05) is 32.2 Å². The van der Waals surface area contributed by atoms with E-state index in [0.717, 1.165) is 27.8 Å². The van der Waals surface area contributed by atoms with Gasteiger partial charge in [-0.15, -0.1) is 0 Å². The van der Waals surface area contributed by atoms with Crippen molar-refractivity contribution in [3.63, 3.8) is 0 Å². The summed E-state index contributed by atoms with van der Waals surface area (Å²) in [6.07, 6.45) is 0.705. The Morgan fingerprint density at radius 2 is 1.81 bits per heavy atom. The van der Waals surface area contributed by atoms with E-state index >= 15 is 0 Å². The van der Waals surface area contributed by atoms with Crippen LogP contribution in [0.5, 0.6) is 11.5 Å². The van der Waals surface area contributed by atoms with Crippen LogP contribution in [-0.4, -0.2) is 24.2 Å². The highest BCUT2D eigenvalue weighted by Crippen LogP contribution is 2.28. The van der Waals surface area contributed by atoms with Gasteiger partial charge in [0.1, 0.15) is 17.1 Å². The Labute approximate surface area is 158 Å². The smallest absolute Gasteiger partial charge is 0.336 e. The quantitative estimate of drug-likeness (QED) is 0.667. The third kappa shape index (κ3) is 4.14. The molecule has 0 aliphatic heterocycles. The number of hydrogen-bond acceptors (Lipinski definition) is 5. The molecular weight excluding hydrogens is 342 g/mol. The Hall–Kier alpha value is -2.79. The van der Waals surface area contributed by atoms with Crippen molar-refractivity contribution >= 4 is 11.0 Å². The molecule has 0 spiro atoms. The summed E-state index contributed by atoms with van der Waals surface area (Å²) in [6, 6.07) is 11.1. The second kappa shape index (κ2) is 7.84. The maximum absolute atomic E-state index is 12.0. The van der Waals surface area contributed by atoms with Gasteiger partial charge in [-0.25, -0.2) is 4.79 Å². The molecule has 0 atom stereocenters. The molecule has 142 valence electrons. The average molecular weight is 367 g/mol. The van der Waals surface area contributed by atoms with Crippen LogP contribution >= 0.6 is 0 Å². The number of methoxy groups -OCH3 is 1. The van der Waals surface area contributed by atoms with Gasteiger partial charge < -0.3 is 14.3 Å². The zero-order valence-electron chi connectivity index (χ0n) is 16.2. The van der Waals surface area contributed by atoms with Gasteiger partial charge in [-0.2, -0.15) is 0 Å². The molecule has 0 unspecified atom stereocenters. The highest BCUT2D eigenvalue weighted by Gasteiger charge is 2.13. The summed E-state index contributed by atoms with van der Waals surface area (Å²) in [5.41, 5.74) is 3.98. The number of ether oxygens (including phenoxy) is 1. The van der Waals surface area contributed by atoms with Crippen molar-refractivity contribution < 1.29 is 14.3 Å². The Bertz CT molecular complexity index is 1020. The van der Waals surface area contributed by atoms with Gasteiger partial charge in [-0.1, -0.05) is 24.6 Å². The zero-order valence-corrected chi connectivity index (χ0v) is 16.2. The summed E-state index contributed by atoms with van der Waals surface area (Å²) in [5, 5.41) is 10.9. The molecule has 3 rings (SSSR count). The fraction of sp³-hybridized carbons (Fsp3) is 0.318. The molecule has 0 aliphatic rings. The van der Waals surface area contributed by atoms with E-state index < -0.39 is 5.63 Å². The molecule has 1 heterocycles. The number of aryl methyl sites for hydroxylation is 2. The largest absolute Gasteiger partial charge is 0.508 e. The summed E-state index contributed by atoms with van der Waals surface area (Å²) < 4.78 is 10.7. The molecule has 0 fully saturated rings. The molecular formula is C22H25NO4. The molecule has 0 aliphatic carbocycles. The monoisotopic (exact) mass is 367 g/mol. The second-order valence-electron chi connectivity index (χ2n) is 6.91. The van der Waals surface area contributed by atoms with Crippen LogP contribution in [-0.2, 0) is 19.5 Å². The van der Waals surface area contributed by atoms with Crippen molar-refractivity contribution in [3.05, 3.63) is 69.1 Å². The highest BCUT2D eigenvalue weighted by atomic mass is 16.5. The summed E-state index contributed by atoms with van der Waals surface area (Å²) in [6.45, 7) is 5.30. The number of aromatic hydroxyl groups is 1. The summed E-state index contributed by atoms with van der Waals surface area (Å²) in [5.74, 6) is 1.01. The van der Waals surface area contributed by atoms with E-state index in [4.69, 9.17) is 9.15 Å². The number of phenols is 1. The standard InChI is InChI=1S/C22H25NO4/c1-5-15-9-18-16(10-22(25)27-21(18)11-19(15)24)12-23(3)13-17-8-14(2)6-7-20(17)26-4/h6-11,24H,5,12-13H2,1-4H3. The van der Waals surface area contributed by atoms with Gasteiger partial charge in [-0.3, -0.25) is 4.90 Å². The highest BCUT2D eigenvalue weighted by molar-refractivity contribution is 5.82. The lowest BCUT2D eigenvalue weighted by Gasteiger charge is -2.20. The van der Waals surface area contributed by atoms with Crippen molar-refractivity contribution in [2.24, 2.45) is 0 Å². The molecule has 1 aromatic heterocycles. The normalized spacial score (nSPS) is 11.3. The van der Waals surface area contributed by atoms with Crippen LogP contribution in [0.15, 0.2) is 45.6 Å². The van der Waals surface area contributed by atoms with E-state index in [2.05, 4.69) is 17.9 Å². The molecule has 0 saturated heterocycles. The average Bonchev–Trinajstić information content (AvgIpc) is 2.61. The molecule has 1 N–H and O–H groups in total. The Balaban J connectivity index is 1.94. The van der Waals surface area contributed by atoms with Crippen LogP contribution in [0.25, 0.3) is 11.0 Å². The van der Waals surface area contributed by atoms with E-state index in [0.29, 0.717) is 25.1 Å². The molecule has 0 saturated carbocycles. The zero-order chi connectivity index (χ0) is 19.6. The topological polar surface area (TPSA) is 62.9 Å². The summed E-state index contributed by atoms with van der Waals surface area (Å²) in [4.78, 5) is 14.1. The first-order valence-corrected chi connectivity index (χ1v) is 9.02. The Kier molecular flexibility index (Phi) is 5.51. The number of phenolic OH excluding ortho intramolecular Hbond substituents is 1. The molecule has 2 aromatic carbocycles. The van der Waals surface area contributed by atoms with Gasteiger partial charge in [0.25, 0.3) is 0 Å². The molecule has 3 aromatic rings. The summed E-state index contributed by atoms with van der Waals surface area (Å²) in [7, 11) is 3.67. The van der Waals surface area contributed by atoms with Gasteiger partial charge in [-0.05, 0) is 43.7 Å². The molecule has 5 nitrogen and oxygen atoms in total. The minimum absolute atomic E-state index is 0.156. The lowest BCUT2D eigenvalue weighted by Crippen LogP contribution is -2.19. The number of rotatable bonds is 6. The number of hydrogen-bond donors (Lipinski definition) is 1. The molecule has 27 heavy (non-hydrogen) atoms. The van der Waals surface area contributed by atoms with Gasteiger partial charge in [0.2, 0.25) is 0 Å². The fourth-order valence-corrected chi connectivity index (χ4v) is 3.39. The SMILES string of the molecule is CCc1cc2c(CN(C)Cc3cc(C)ccc3OC)cc(=O)oc2cc1O. The summed E-state index contributed by atoms with van der Waals surface area (Å²) >= 11 is 0. The fourth-order valence-electron chi connectivity index (χ4n) is 3.39. The molecule has 0 amide bonds. The third-order valence-electron chi connectivity index (χ3n) is 4.73. The lowest BCUT2D eigenvalue weighted by molar-refractivity contribution is 0.310. The van der Waals surface area contributed by atoms with E-state index in [9.17, 15) is 9.90 Å². The first kappa shape index (κ1) is 19.0.